The topological polar surface area (TPSA) is 66.4 Å². The molecular weight excluding hydrogens is 358 g/mol. The van der Waals surface area contributed by atoms with Gasteiger partial charge in [0.15, 0.2) is 0 Å². The van der Waals surface area contributed by atoms with Gasteiger partial charge in [0.2, 0.25) is 10.0 Å². The Balaban J connectivity index is 1.68. The second kappa shape index (κ2) is 6.61. The van der Waals surface area contributed by atoms with Gasteiger partial charge in [0.1, 0.15) is 10.3 Å². The predicted molar refractivity (Wildman–Crippen MR) is 91.0 cm³/mol. The fourth-order valence-corrected chi connectivity index (χ4v) is 5.67. The summed E-state index contributed by atoms with van der Waals surface area (Å²) in [6.45, 7) is 0.223. The van der Waals surface area contributed by atoms with Gasteiger partial charge in [0.05, 0.1) is 0 Å². The third-order valence-electron chi connectivity index (χ3n) is 3.01. The number of aliphatic hydroxyl groups is 1. The Morgan fingerprint density at radius 2 is 2.05 bits per heavy atom. The highest BCUT2D eigenvalue weighted by Gasteiger charge is 2.17. The summed E-state index contributed by atoms with van der Waals surface area (Å²) < 4.78 is 27.0. The SMILES string of the molecule is O=S(=O)(NCc1ccc([C@H](O)c2ccsc2)s1)c1cccs1. The fraction of sp³-hybridized carbons (Fsp3) is 0.143. The standard InChI is InChI=1S/C14H13NO3S4/c16-14(10-5-7-19-9-10)12-4-3-11(21-12)8-15-22(17,18)13-2-1-6-20-13/h1-7,9,14-16H,8H2/t14-/m1/s1. The zero-order chi connectivity index (χ0) is 15.6. The molecule has 3 heterocycles. The first-order chi connectivity index (χ1) is 10.6. The largest absolute Gasteiger partial charge is 0.383 e. The number of hydrogen-bond donors (Lipinski definition) is 2. The summed E-state index contributed by atoms with van der Waals surface area (Å²) in [5.41, 5.74) is 0.859. The molecule has 0 saturated heterocycles. The van der Waals surface area contributed by atoms with E-state index < -0.39 is 16.1 Å². The third kappa shape index (κ3) is 3.48. The fourth-order valence-electron chi connectivity index (χ4n) is 1.88. The van der Waals surface area contributed by atoms with Crippen molar-refractivity contribution in [2.24, 2.45) is 0 Å². The van der Waals surface area contributed by atoms with Crippen molar-refractivity contribution in [2.75, 3.05) is 0 Å². The van der Waals surface area contributed by atoms with Crippen LogP contribution in [0, 0.1) is 0 Å². The van der Waals surface area contributed by atoms with Gasteiger partial charge in [-0.1, -0.05) is 6.07 Å². The summed E-state index contributed by atoms with van der Waals surface area (Å²) in [5.74, 6) is 0. The van der Waals surface area contributed by atoms with E-state index in [1.54, 1.807) is 17.5 Å². The van der Waals surface area contributed by atoms with Gasteiger partial charge in [-0.2, -0.15) is 11.3 Å². The molecule has 0 aromatic carbocycles. The van der Waals surface area contributed by atoms with E-state index >= 15 is 0 Å². The molecule has 0 unspecified atom stereocenters. The van der Waals surface area contributed by atoms with Crippen LogP contribution in [0.5, 0.6) is 0 Å². The maximum Gasteiger partial charge on any atom is 0.250 e. The van der Waals surface area contributed by atoms with Crippen molar-refractivity contribution in [3.8, 4) is 0 Å². The minimum atomic E-state index is -3.45. The van der Waals surface area contributed by atoms with E-state index in [4.69, 9.17) is 0 Å². The highest BCUT2D eigenvalue weighted by atomic mass is 32.2. The lowest BCUT2D eigenvalue weighted by Crippen LogP contribution is -2.21. The van der Waals surface area contributed by atoms with Gasteiger partial charge in [-0.25, -0.2) is 13.1 Å². The number of rotatable bonds is 6. The first kappa shape index (κ1) is 15.9. The zero-order valence-corrected chi connectivity index (χ0v) is 14.6. The number of aliphatic hydroxyl groups excluding tert-OH is 1. The van der Waals surface area contributed by atoms with Gasteiger partial charge < -0.3 is 5.11 Å². The number of thiophene rings is 3. The van der Waals surface area contributed by atoms with Gasteiger partial charge >= 0.3 is 0 Å². The predicted octanol–water partition coefficient (Wildman–Crippen LogP) is 3.43. The smallest absolute Gasteiger partial charge is 0.250 e. The van der Waals surface area contributed by atoms with E-state index in [1.807, 2.05) is 29.0 Å². The van der Waals surface area contributed by atoms with E-state index in [-0.39, 0.29) is 6.54 Å². The van der Waals surface area contributed by atoms with Crippen molar-refractivity contribution in [2.45, 2.75) is 16.9 Å². The van der Waals surface area contributed by atoms with E-state index in [9.17, 15) is 13.5 Å². The zero-order valence-electron chi connectivity index (χ0n) is 11.3. The summed E-state index contributed by atoms with van der Waals surface area (Å²) >= 11 is 4.13. The Morgan fingerprint density at radius 3 is 2.73 bits per heavy atom. The minimum absolute atomic E-state index is 0.223. The molecule has 0 aliphatic rings. The first-order valence-electron chi connectivity index (χ1n) is 6.38. The average Bonchev–Trinajstić information content (AvgIpc) is 3.26. The first-order valence-corrected chi connectivity index (χ1v) is 10.5. The average molecular weight is 372 g/mol. The molecule has 0 aliphatic carbocycles. The van der Waals surface area contributed by atoms with E-state index in [2.05, 4.69) is 4.72 Å². The van der Waals surface area contributed by atoms with E-state index in [1.165, 1.54) is 34.0 Å². The Kier molecular flexibility index (Phi) is 4.76. The van der Waals surface area contributed by atoms with Crippen LogP contribution in [0.1, 0.15) is 21.4 Å². The molecular formula is C14H13NO3S4. The monoisotopic (exact) mass is 371 g/mol. The molecule has 2 N–H and O–H groups in total. The van der Waals surface area contributed by atoms with Crippen LogP contribution in [0.2, 0.25) is 0 Å². The molecule has 0 spiro atoms. The van der Waals surface area contributed by atoms with E-state index in [0.717, 1.165) is 15.3 Å². The molecule has 22 heavy (non-hydrogen) atoms. The number of sulfonamides is 1. The van der Waals surface area contributed by atoms with Crippen molar-refractivity contribution in [3.05, 3.63) is 61.8 Å². The summed E-state index contributed by atoms with van der Waals surface area (Å²) in [6, 6.07) is 8.84. The van der Waals surface area contributed by atoms with Crippen LogP contribution < -0.4 is 4.72 Å². The lowest BCUT2D eigenvalue weighted by molar-refractivity contribution is 0.224. The Hall–Kier alpha value is -1.03. The molecule has 3 aromatic heterocycles. The Morgan fingerprint density at radius 1 is 1.18 bits per heavy atom. The molecule has 3 rings (SSSR count). The van der Waals surface area contributed by atoms with Crippen LogP contribution in [0.4, 0.5) is 0 Å². The van der Waals surface area contributed by atoms with Crippen molar-refractivity contribution in [1.29, 1.82) is 0 Å². The molecule has 3 aromatic rings. The van der Waals surface area contributed by atoms with Gasteiger partial charge in [-0.15, -0.1) is 22.7 Å². The van der Waals surface area contributed by atoms with Crippen molar-refractivity contribution >= 4 is 44.0 Å². The highest BCUT2D eigenvalue weighted by Crippen LogP contribution is 2.29. The maximum atomic E-state index is 12.0. The summed E-state index contributed by atoms with van der Waals surface area (Å²) in [5, 5.41) is 15.8. The second-order valence-electron chi connectivity index (χ2n) is 4.52. The second-order valence-corrected chi connectivity index (χ2v) is 9.44. The molecule has 0 bridgehead atoms. The Bertz CT molecular complexity index is 819. The highest BCUT2D eigenvalue weighted by molar-refractivity contribution is 7.91. The lowest BCUT2D eigenvalue weighted by atomic mass is 10.2. The van der Waals surface area contributed by atoms with E-state index in [0.29, 0.717) is 4.21 Å². The van der Waals surface area contributed by atoms with Gasteiger partial charge in [-0.3, -0.25) is 0 Å². The minimum Gasteiger partial charge on any atom is -0.383 e. The normalized spacial score (nSPS) is 13.3. The quantitative estimate of drug-likeness (QED) is 0.698. The van der Waals surface area contributed by atoms with Crippen LogP contribution in [0.15, 0.2) is 50.7 Å². The molecule has 0 fully saturated rings. The maximum absolute atomic E-state index is 12.0. The van der Waals surface area contributed by atoms with Gasteiger partial charge in [-0.05, 0) is 46.0 Å². The van der Waals surface area contributed by atoms with Crippen LogP contribution in [-0.4, -0.2) is 13.5 Å². The molecule has 116 valence electrons. The Labute approximate surface area is 140 Å². The van der Waals surface area contributed by atoms with Crippen LogP contribution in [0.3, 0.4) is 0 Å². The van der Waals surface area contributed by atoms with Crippen LogP contribution in [0.25, 0.3) is 0 Å². The van der Waals surface area contributed by atoms with Crippen LogP contribution in [-0.2, 0) is 16.6 Å². The molecule has 0 aliphatic heterocycles. The van der Waals surface area contributed by atoms with Crippen molar-refractivity contribution in [1.82, 2.24) is 4.72 Å². The summed E-state index contributed by atoms with van der Waals surface area (Å²) in [7, 11) is -3.45. The molecule has 0 radical (unpaired) electrons. The van der Waals surface area contributed by atoms with Crippen molar-refractivity contribution < 1.29 is 13.5 Å². The molecule has 1 atom stereocenters. The van der Waals surface area contributed by atoms with Crippen LogP contribution >= 0.6 is 34.0 Å². The number of hydrogen-bond acceptors (Lipinski definition) is 6. The van der Waals surface area contributed by atoms with Gasteiger partial charge in [0, 0.05) is 16.3 Å². The molecule has 8 heteroatoms. The molecule has 0 amide bonds. The summed E-state index contributed by atoms with van der Waals surface area (Å²) in [4.78, 5) is 1.67. The summed E-state index contributed by atoms with van der Waals surface area (Å²) in [6.07, 6.45) is -0.654. The van der Waals surface area contributed by atoms with Gasteiger partial charge in [0.25, 0.3) is 0 Å². The molecule has 4 nitrogen and oxygen atoms in total. The number of nitrogens with one attached hydrogen (secondary N) is 1. The lowest BCUT2D eigenvalue weighted by Gasteiger charge is -2.05. The van der Waals surface area contributed by atoms with Crippen molar-refractivity contribution in [3.63, 3.8) is 0 Å². The molecule has 0 saturated carbocycles. The third-order valence-corrected chi connectivity index (χ3v) is 7.65.